The number of carbonyl (C=O) groups is 1. The smallest absolute Gasteiger partial charge is 0.255 e. The molecule has 5 heteroatoms. The summed E-state index contributed by atoms with van der Waals surface area (Å²) in [4.78, 5) is 17.6. The summed E-state index contributed by atoms with van der Waals surface area (Å²) in [6.07, 6.45) is 2.78. The van der Waals surface area contributed by atoms with Crippen LogP contribution in [0.1, 0.15) is 45.7 Å². The highest BCUT2D eigenvalue weighted by molar-refractivity contribution is 7.11. The van der Waals surface area contributed by atoms with Crippen LogP contribution in [-0.4, -0.2) is 16.0 Å². The predicted molar refractivity (Wildman–Crippen MR) is 80.2 cm³/mol. The van der Waals surface area contributed by atoms with Crippen LogP contribution in [0, 0.1) is 6.92 Å². The lowest BCUT2D eigenvalue weighted by Gasteiger charge is -2.12. The topological polar surface area (TPSA) is 62.2 Å². The van der Waals surface area contributed by atoms with Crippen molar-refractivity contribution < 1.29 is 9.90 Å². The van der Waals surface area contributed by atoms with Gasteiger partial charge in [-0.25, -0.2) is 4.98 Å². The summed E-state index contributed by atoms with van der Waals surface area (Å²) in [7, 11) is 0. The molecule has 0 saturated carbocycles. The van der Waals surface area contributed by atoms with Crippen LogP contribution in [0.25, 0.3) is 0 Å². The molecule has 0 aliphatic rings. The number of aromatic hydroxyl groups is 1. The fraction of sp³-hybridized carbons (Fsp3) is 0.333. The van der Waals surface area contributed by atoms with Gasteiger partial charge in [0.05, 0.1) is 11.6 Å². The lowest BCUT2D eigenvalue weighted by molar-refractivity contribution is 0.0937. The van der Waals surface area contributed by atoms with E-state index in [-0.39, 0.29) is 23.3 Å². The number of rotatable bonds is 4. The number of nitrogens with zero attached hydrogens (tertiary/aromatic N) is 1. The van der Waals surface area contributed by atoms with Gasteiger partial charge in [-0.15, -0.1) is 11.3 Å². The van der Waals surface area contributed by atoms with Crippen molar-refractivity contribution in [3.8, 4) is 5.75 Å². The minimum Gasteiger partial charge on any atom is -0.507 e. The Bertz CT molecular complexity index is 622. The van der Waals surface area contributed by atoms with Crippen molar-refractivity contribution in [2.24, 2.45) is 0 Å². The molecule has 2 rings (SSSR count). The van der Waals surface area contributed by atoms with Gasteiger partial charge in [0.15, 0.2) is 0 Å². The van der Waals surface area contributed by atoms with Crippen molar-refractivity contribution in [3.63, 3.8) is 0 Å². The van der Waals surface area contributed by atoms with Crippen LogP contribution >= 0.6 is 11.3 Å². The van der Waals surface area contributed by atoms with E-state index in [4.69, 9.17) is 0 Å². The number of aromatic nitrogens is 1. The van der Waals surface area contributed by atoms with Gasteiger partial charge in [-0.2, -0.15) is 0 Å². The molecule has 106 valence electrons. The third kappa shape index (κ3) is 3.17. The van der Waals surface area contributed by atoms with Crippen LogP contribution in [0.4, 0.5) is 0 Å². The molecule has 0 fully saturated rings. The molecule has 1 amide bonds. The highest BCUT2D eigenvalue weighted by Gasteiger charge is 2.16. The van der Waals surface area contributed by atoms with E-state index >= 15 is 0 Å². The summed E-state index contributed by atoms with van der Waals surface area (Å²) < 4.78 is 0. The number of aryl methyl sites for hydroxylation is 2. The van der Waals surface area contributed by atoms with Crippen molar-refractivity contribution in [1.29, 1.82) is 0 Å². The van der Waals surface area contributed by atoms with Gasteiger partial charge in [0.25, 0.3) is 5.91 Å². The maximum atomic E-state index is 12.1. The predicted octanol–water partition coefficient (Wildman–Crippen LogP) is 3.21. The van der Waals surface area contributed by atoms with E-state index in [0.717, 1.165) is 17.0 Å². The zero-order valence-corrected chi connectivity index (χ0v) is 12.6. The second-order valence-electron chi connectivity index (χ2n) is 4.73. The molecule has 0 aliphatic heterocycles. The van der Waals surface area contributed by atoms with Crippen molar-refractivity contribution in [1.82, 2.24) is 10.3 Å². The molecule has 1 aromatic heterocycles. The molecule has 20 heavy (non-hydrogen) atoms. The molecule has 0 aliphatic carbocycles. The normalized spacial score (nSPS) is 12.2. The van der Waals surface area contributed by atoms with E-state index < -0.39 is 0 Å². The Morgan fingerprint density at radius 2 is 2.25 bits per heavy atom. The first-order valence-corrected chi connectivity index (χ1v) is 7.38. The van der Waals surface area contributed by atoms with Gasteiger partial charge in [0, 0.05) is 11.1 Å². The fourth-order valence-electron chi connectivity index (χ4n) is 1.86. The average molecular weight is 290 g/mol. The van der Waals surface area contributed by atoms with E-state index in [9.17, 15) is 9.90 Å². The van der Waals surface area contributed by atoms with Gasteiger partial charge >= 0.3 is 0 Å². The second-order valence-corrected chi connectivity index (χ2v) is 5.88. The van der Waals surface area contributed by atoms with Crippen LogP contribution in [0.15, 0.2) is 24.4 Å². The quantitative estimate of drug-likeness (QED) is 0.909. The van der Waals surface area contributed by atoms with Gasteiger partial charge in [0.1, 0.15) is 10.8 Å². The minimum absolute atomic E-state index is 0.00286. The van der Waals surface area contributed by atoms with Crippen LogP contribution in [0.2, 0.25) is 0 Å². The summed E-state index contributed by atoms with van der Waals surface area (Å²) in [6, 6.07) is 4.84. The number of benzene rings is 1. The van der Waals surface area contributed by atoms with Crippen LogP contribution in [0.3, 0.4) is 0 Å². The van der Waals surface area contributed by atoms with Crippen molar-refractivity contribution in [2.75, 3.05) is 0 Å². The van der Waals surface area contributed by atoms with Gasteiger partial charge in [0.2, 0.25) is 0 Å². The van der Waals surface area contributed by atoms with E-state index in [2.05, 4.69) is 17.2 Å². The standard InChI is InChI=1S/C15H18N2O2S/c1-4-11-8-16-15(20-11)10(3)17-14(19)12-6-5-9(2)7-13(12)18/h5-8,10,18H,4H2,1-3H3,(H,17,19). The minimum atomic E-state index is -0.289. The molecule has 2 aromatic rings. The molecule has 0 spiro atoms. The summed E-state index contributed by atoms with van der Waals surface area (Å²) in [5.41, 5.74) is 1.20. The summed E-state index contributed by atoms with van der Waals surface area (Å²) >= 11 is 1.60. The maximum absolute atomic E-state index is 12.1. The fourth-order valence-corrected chi connectivity index (χ4v) is 2.72. The summed E-state index contributed by atoms with van der Waals surface area (Å²) in [5.74, 6) is -0.286. The third-order valence-electron chi connectivity index (χ3n) is 3.04. The first-order chi connectivity index (χ1) is 9.51. The third-order valence-corrected chi connectivity index (χ3v) is 4.36. The molecule has 1 heterocycles. The van der Waals surface area contributed by atoms with Crippen molar-refractivity contribution in [3.05, 3.63) is 45.4 Å². The van der Waals surface area contributed by atoms with E-state index in [1.165, 1.54) is 4.88 Å². The Morgan fingerprint density at radius 3 is 2.85 bits per heavy atom. The van der Waals surface area contributed by atoms with E-state index in [1.807, 2.05) is 20.0 Å². The SMILES string of the molecule is CCc1cnc(C(C)NC(=O)c2ccc(C)cc2O)s1. The number of carbonyl (C=O) groups excluding carboxylic acids is 1. The zero-order chi connectivity index (χ0) is 14.7. The number of phenolic OH excluding ortho intramolecular Hbond substituents is 1. The van der Waals surface area contributed by atoms with E-state index in [0.29, 0.717) is 0 Å². The monoisotopic (exact) mass is 290 g/mol. The first-order valence-electron chi connectivity index (χ1n) is 6.56. The second kappa shape index (κ2) is 6.05. The van der Waals surface area contributed by atoms with Gasteiger partial charge in [-0.1, -0.05) is 13.0 Å². The lowest BCUT2D eigenvalue weighted by Crippen LogP contribution is -2.26. The van der Waals surface area contributed by atoms with Crippen molar-refractivity contribution in [2.45, 2.75) is 33.2 Å². The molecular weight excluding hydrogens is 272 g/mol. The highest BCUT2D eigenvalue weighted by Crippen LogP contribution is 2.22. The Balaban J connectivity index is 2.10. The molecule has 1 aromatic carbocycles. The molecule has 4 nitrogen and oxygen atoms in total. The van der Waals surface area contributed by atoms with E-state index in [1.54, 1.807) is 29.5 Å². The number of phenols is 1. The van der Waals surface area contributed by atoms with Crippen LogP contribution in [-0.2, 0) is 6.42 Å². The molecule has 2 N–H and O–H groups in total. The Morgan fingerprint density at radius 1 is 1.50 bits per heavy atom. The molecular formula is C15H18N2O2S. The zero-order valence-electron chi connectivity index (χ0n) is 11.8. The lowest BCUT2D eigenvalue weighted by atomic mass is 10.1. The Hall–Kier alpha value is -1.88. The number of hydrogen-bond donors (Lipinski definition) is 2. The molecule has 0 saturated heterocycles. The number of thiazole rings is 1. The summed E-state index contributed by atoms with van der Waals surface area (Å²) in [6.45, 7) is 5.83. The van der Waals surface area contributed by atoms with Crippen molar-refractivity contribution >= 4 is 17.2 Å². The molecule has 1 unspecified atom stereocenters. The largest absolute Gasteiger partial charge is 0.507 e. The van der Waals surface area contributed by atoms with Gasteiger partial charge in [-0.05, 0) is 38.0 Å². The van der Waals surface area contributed by atoms with Gasteiger partial charge in [-0.3, -0.25) is 4.79 Å². The molecule has 0 bridgehead atoms. The number of amides is 1. The number of hydrogen-bond acceptors (Lipinski definition) is 4. The van der Waals surface area contributed by atoms with Crippen LogP contribution in [0.5, 0.6) is 5.75 Å². The Kier molecular flexibility index (Phi) is 4.39. The number of nitrogens with one attached hydrogen (secondary N) is 1. The first kappa shape index (κ1) is 14.5. The molecule has 1 atom stereocenters. The maximum Gasteiger partial charge on any atom is 0.255 e. The highest BCUT2D eigenvalue weighted by atomic mass is 32.1. The Labute approximate surface area is 122 Å². The van der Waals surface area contributed by atoms with Crippen LogP contribution < -0.4 is 5.32 Å². The van der Waals surface area contributed by atoms with Gasteiger partial charge < -0.3 is 10.4 Å². The average Bonchev–Trinajstić information content (AvgIpc) is 2.87. The summed E-state index contributed by atoms with van der Waals surface area (Å²) in [5, 5.41) is 13.5. The molecule has 0 radical (unpaired) electrons.